The maximum absolute atomic E-state index is 12.9. The molecule has 0 atom stereocenters. The lowest BCUT2D eigenvalue weighted by atomic mass is 10.2. The Labute approximate surface area is 107 Å². The molecule has 4 nitrogen and oxygen atoms in total. The molecule has 1 aromatic carbocycles. The summed E-state index contributed by atoms with van der Waals surface area (Å²) < 4.78 is 12.9. The topological polar surface area (TPSA) is 62.2 Å². The summed E-state index contributed by atoms with van der Waals surface area (Å²) in [6.07, 6.45) is 0. The third-order valence-corrected chi connectivity index (χ3v) is 3.48. The second-order valence-corrected chi connectivity index (χ2v) is 4.82. The molecule has 0 aliphatic rings. The van der Waals surface area contributed by atoms with E-state index < -0.39 is 5.97 Å². The molecule has 0 saturated carbocycles. The minimum atomic E-state index is -0.992. The summed E-state index contributed by atoms with van der Waals surface area (Å²) in [6.45, 7) is 3.41. The van der Waals surface area contributed by atoms with Gasteiger partial charge in [-0.15, -0.1) is 0 Å². The maximum Gasteiger partial charge on any atom is 0.347 e. The van der Waals surface area contributed by atoms with Crippen molar-refractivity contribution in [2.75, 3.05) is 5.32 Å². The number of nitrogens with zero attached hydrogens (tertiary/aromatic N) is 1. The highest BCUT2D eigenvalue weighted by atomic mass is 32.1. The van der Waals surface area contributed by atoms with Gasteiger partial charge in [0.05, 0.1) is 5.69 Å². The molecule has 0 radical (unpaired) electrons. The molecule has 0 fully saturated rings. The van der Waals surface area contributed by atoms with Crippen molar-refractivity contribution in [1.82, 2.24) is 4.98 Å². The van der Waals surface area contributed by atoms with Crippen LogP contribution in [0.4, 0.5) is 15.2 Å². The molecule has 0 unspecified atom stereocenters. The molecule has 0 amide bonds. The zero-order valence-corrected chi connectivity index (χ0v) is 10.6. The minimum absolute atomic E-state index is 0.206. The third kappa shape index (κ3) is 2.48. The van der Waals surface area contributed by atoms with E-state index in [2.05, 4.69) is 10.3 Å². The predicted octanol–water partition coefficient (Wildman–Crippen LogP) is 3.34. The van der Waals surface area contributed by atoms with Gasteiger partial charge in [-0.3, -0.25) is 0 Å². The van der Waals surface area contributed by atoms with Crippen molar-refractivity contribution in [3.63, 3.8) is 0 Å². The number of rotatable bonds is 3. The lowest BCUT2D eigenvalue weighted by Gasteiger charge is -2.05. The molecule has 0 aliphatic heterocycles. The first-order valence-corrected chi connectivity index (χ1v) is 6.03. The number of hydrogen-bond donors (Lipinski definition) is 2. The molecule has 0 spiro atoms. The van der Waals surface area contributed by atoms with E-state index in [9.17, 15) is 9.18 Å². The smallest absolute Gasteiger partial charge is 0.347 e. The number of carbonyl (C=O) groups is 1. The lowest BCUT2D eigenvalue weighted by molar-refractivity contribution is 0.0701. The average molecular weight is 266 g/mol. The van der Waals surface area contributed by atoms with E-state index in [0.29, 0.717) is 16.5 Å². The third-order valence-electron chi connectivity index (χ3n) is 2.42. The van der Waals surface area contributed by atoms with Gasteiger partial charge in [-0.1, -0.05) is 11.3 Å². The van der Waals surface area contributed by atoms with Crippen LogP contribution in [-0.2, 0) is 0 Å². The number of hydrogen-bond acceptors (Lipinski definition) is 4. The summed E-state index contributed by atoms with van der Waals surface area (Å²) in [5.41, 5.74) is 1.91. The molecule has 2 N–H and O–H groups in total. The second kappa shape index (κ2) is 4.73. The Morgan fingerprint density at radius 3 is 2.72 bits per heavy atom. The number of nitrogens with one attached hydrogen (secondary N) is 1. The molecule has 6 heteroatoms. The standard InChI is InChI=1S/C12H11FN2O2S/c1-6-5-8(13)3-4-9(6)15-12-14-7(2)10(18-12)11(16)17/h3-5H,1-2H3,(H,14,15)(H,16,17). The quantitative estimate of drug-likeness (QED) is 0.894. The predicted molar refractivity (Wildman–Crippen MR) is 68.2 cm³/mol. The molecule has 0 bridgehead atoms. The molecular formula is C12H11FN2O2S. The van der Waals surface area contributed by atoms with Gasteiger partial charge in [0, 0.05) is 5.69 Å². The Balaban J connectivity index is 2.29. The Hall–Kier alpha value is -1.95. The Morgan fingerprint density at radius 1 is 1.44 bits per heavy atom. The van der Waals surface area contributed by atoms with Crippen LogP contribution in [0.15, 0.2) is 18.2 Å². The van der Waals surface area contributed by atoms with Crippen molar-refractivity contribution in [3.05, 3.63) is 40.2 Å². The summed E-state index contributed by atoms with van der Waals surface area (Å²) in [5, 5.41) is 12.4. The van der Waals surface area contributed by atoms with Crippen LogP contribution in [0.2, 0.25) is 0 Å². The van der Waals surface area contributed by atoms with E-state index in [1.54, 1.807) is 19.9 Å². The average Bonchev–Trinajstić information content (AvgIpc) is 2.64. The second-order valence-electron chi connectivity index (χ2n) is 3.82. The largest absolute Gasteiger partial charge is 0.477 e. The molecule has 0 saturated heterocycles. The number of aromatic carboxylic acids is 1. The summed E-state index contributed by atoms with van der Waals surface area (Å²) in [5.74, 6) is -1.30. The Kier molecular flexibility index (Phi) is 3.29. The van der Waals surface area contributed by atoms with Crippen LogP contribution in [0.1, 0.15) is 20.9 Å². The van der Waals surface area contributed by atoms with Gasteiger partial charge in [0.1, 0.15) is 10.7 Å². The number of benzene rings is 1. The van der Waals surface area contributed by atoms with Crippen LogP contribution in [0.3, 0.4) is 0 Å². The number of thiazole rings is 1. The fourth-order valence-corrected chi connectivity index (χ4v) is 2.35. The SMILES string of the molecule is Cc1cc(F)ccc1Nc1nc(C)c(C(=O)O)s1. The summed E-state index contributed by atoms with van der Waals surface area (Å²) in [7, 11) is 0. The Morgan fingerprint density at radius 2 is 2.17 bits per heavy atom. The maximum atomic E-state index is 12.9. The number of halogens is 1. The first-order chi connectivity index (χ1) is 8.47. The number of aromatic nitrogens is 1. The van der Waals surface area contributed by atoms with Crippen LogP contribution in [0.5, 0.6) is 0 Å². The highest BCUT2D eigenvalue weighted by Gasteiger charge is 2.14. The van der Waals surface area contributed by atoms with Crippen LogP contribution < -0.4 is 5.32 Å². The van der Waals surface area contributed by atoms with Crippen LogP contribution in [0.25, 0.3) is 0 Å². The summed E-state index contributed by atoms with van der Waals surface area (Å²) in [4.78, 5) is 15.2. The van der Waals surface area contributed by atoms with E-state index in [4.69, 9.17) is 5.11 Å². The van der Waals surface area contributed by atoms with Crippen molar-refractivity contribution in [2.45, 2.75) is 13.8 Å². The number of aryl methyl sites for hydroxylation is 2. The normalized spacial score (nSPS) is 10.4. The van der Waals surface area contributed by atoms with Gasteiger partial charge in [-0.2, -0.15) is 0 Å². The zero-order chi connectivity index (χ0) is 13.3. The number of carboxylic acid groups (broad SMARTS) is 1. The van der Waals surface area contributed by atoms with Crippen LogP contribution in [-0.4, -0.2) is 16.1 Å². The summed E-state index contributed by atoms with van der Waals surface area (Å²) in [6, 6.07) is 4.34. The fourth-order valence-electron chi connectivity index (χ4n) is 1.53. The first kappa shape index (κ1) is 12.5. The van der Waals surface area contributed by atoms with Crippen LogP contribution >= 0.6 is 11.3 Å². The van der Waals surface area contributed by atoms with Crippen molar-refractivity contribution < 1.29 is 14.3 Å². The van der Waals surface area contributed by atoms with Gasteiger partial charge in [0.15, 0.2) is 5.13 Å². The van der Waals surface area contributed by atoms with Gasteiger partial charge in [0.2, 0.25) is 0 Å². The van der Waals surface area contributed by atoms with E-state index in [1.165, 1.54) is 12.1 Å². The van der Waals surface area contributed by atoms with Gasteiger partial charge < -0.3 is 10.4 Å². The Bertz CT molecular complexity index is 610. The zero-order valence-electron chi connectivity index (χ0n) is 9.82. The molecule has 1 aromatic heterocycles. The molecule has 94 valence electrons. The van der Waals surface area contributed by atoms with E-state index >= 15 is 0 Å². The molecule has 2 rings (SSSR count). The monoisotopic (exact) mass is 266 g/mol. The van der Waals surface area contributed by atoms with Crippen molar-refractivity contribution in [3.8, 4) is 0 Å². The lowest BCUT2D eigenvalue weighted by Crippen LogP contribution is -1.94. The number of anilines is 2. The van der Waals surface area contributed by atoms with Crippen molar-refractivity contribution in [2.24, 2.45) is 0 Å². The fraction of sp³-hybridized carbons (Fsp3) is 0.167. The highest BCUT2D eigenvalue weighted by molar-refractivity contribution is 7.17. The van der Waals surface area contributed by atoms with Gasteiger partial charge in [-0.05, 0) is 37.6 Å². The van der Waals surface area contributed by atoms with Crippen molar-refractivity contribution >= 4 is 28.1 Å². The van der Waals surface area contributed by atoms with Crippen molar-refractivity contribution in [1.29, 1.82) is 0 Å². The van der Waals surface area contributed by atoms with E-state index in [1.807, 2.05) is 0 Å². The molecule has 1 heterocycles. The van der Waals surface area contributed by atoms with E-state index in [0.717, 1.165) is 16.9 Å². The van der Waals surface area contributed by atoms with Gasteiger partial charge in [-0.25, -0.2) is 14.2 Å². The molecule has 0 aliphatic carbocycles. The molecule has 18 heavy (non-hydrogen) atoms. The molecule has 2 aromatic rings. The first-order valence-electron chi connectivity index (χ1n) is 5.21. The minimum Gasteiger partial charge on any atom is -0.477 e. The van der Waals surface area contributed by atoms with E-state index in [-0.39, 0.29) is 10.7 Å². The highest BCUT2D eigenvalue weighted by Crippen LogP contribution is 2.27. The van der Waals surface area contributed by atoms with Gasteiger partial charge in [0.25, 0.3) is 0 Å². The van der Waals surface area contributed by atoms with Crippen LogP contribution in [0, 0.1) is 19.7 Å². The number of carboxylic acids is 1. The molecular weight excluding hydrogens is 255 g/mol. The van der Waals surface area contributed by atoms with Gasteiger partial charge >= 0.3 is 5.97 Å². The summed E-state index contributed by atoms with van der Waals surface area (Å²) >= 11 is 1.06.